The second-order valence-corrected chi connectivity index (χ2v) is 10.9. The summed E-state index contributed by atoms with van der Waals surface area (Å²) in [5, 5.41) is 0. The van der Waals surface area contributed by atoms with E-state index in [-0.39, 0.29) is 36.8 Å². The highest BCUT2D eigenvalue weighted by molar-refractivity contribution is 5.85. The highest BCUT2D eigenvalue weighted by Crippen LogP contribution is 2.54. The quantitative estimate of drug-likeness (QED) is 0.249. The maximum absolute atomic E-state index is 13.0. The first kappa shape index (κ1) is 35.3. The molecule has 0 spiro atoms. The molecule has 9 nitrogen and oxygen atoms in total. The average molecular weight is 610 g/mol. The molecular formula is C32H48ClNO8. The van der Waals surface area contributed by atoms with Gasteiger partial charge >= 0.3 is 5.97 Å². The number of benzene rings is 2. The van der Waals surface area contributed by atoms with Crippen LogP contribution in [0.2, 0.25) is 0 Å². The third kappa shape index (κ3) is 7.74. The minimum absolute atomic E-state index is 0. The van der Waals surface area contributed by atoms with Crippen LogP contribution in [-0.4, -0.2) is 85.9 Å². The van der Waals surface area contributed by atoms with E-state index in [1.165, 1.54) is 7.11 Å². The Labute approximate surface area is 257 Å². The third-order valence-corrected chi connectivity index (χ3v) is 8.06. The van der Waals surface area contributed by atoms with E-state index < -0.39 is 5.60 Å². The van der Waals surface area contributed by atoms with Crippen LogP contribution in [0.15, 0.2) is 24.3 Å². The van der Waals surface area contributed by atoms with E-state index in [0.29, 0.717) is 42.3 Å². The highest BCUT2D eigenvalue weighted by atomic mass is 35.5. The standard InChI is InChI=1S/C32H47NO8.ClH/c1-21(2)29-24-19-27(38-7)31(40-9)30(39-8)23(24)12-14-32(29,41-28(34)20-35-4)15-17-33(3)16-13-22-10-11-25(36-5)26(18-22)37-6;/h10-11,18-19,21,29H,12-17,20H2,1-9H3;1H/t29-,32-;/m1./s1. The van der Waals surface area contributed by atoms with Gasteiger partial charge < -0.3 is 38.1 Å². The second-order valence-electron chi connectivity index (χ2n) is 10.9. The Balaban J connectivity index is 0.00000616. The van der Waals surface area contributed by atoms with E-state index in [1.807, 2.05) is 18.2 Å². The Bertz CT molecular complexity index is 1170. The number of hydrogen-bond acceptors (Lipinski definition) is 9. The maximum Gasteiger partial charge on any atom is 0.332 e. The van der Waals surface area contributed by atoms with Gasteiger partial charge in [0.05, 0.1) is 35.5 Å². The summed E-state index contributed by atoms with van der Waals surface area (Å²) in [6, 6.07) is 8.04. The fraction of sp³-hybridized carbons (Fsp3) is 0.594. The van der Waals surface area contributed by atoms with Gasteiger partial charge in [-0.3, -0.25) is 0 Å². The minimum Gasteiger partial charge on any atom is -0.493 e. The number of carbonyl (C=O) groups is 1. The zero-order valence-electron chi connectivity index (χ0n) is 26.5. The molecule has 0 bridgehead atoms. The summed E-state index contributed by atoms with van der Waals surface area (Å²) in [7, 11) is 11.8. The molecule has 0 saturated carbocycles. The summed E-state index contributed by atoms with van der Waals surface area (Å²) in [6.07, 6.45) is 2.85. The fourth-order valence-electron chi connectivity index (χ4n) is 6.18. The number of methoxy groups -OCH3 is 6. The molecular weight excluding hydrogens is 562 g/mol. The van der Waals surface area contributed by atoms with Crippen LogP contribution in [-0.2, 0) is 27.1 Å². The SMILES string of the molecule is COCC(=O)O[C@@]1(CCN(C)CCc2ccc(OC)c(OC)c2)CCc2c(cc(OC)c(OC)c2OC)[C@H]1C(C)C.Cl. The number of ether oxygens (including phenoxy) is 7. The van der Waals surface area contributed by atoms with E-state index in [2.05, 4.69) is 31.9 Å². The Morgan fingerprint density at radius 2 is 1.57 bits per heavy atom. The van der Waals surface area contributed by atoms with E-state index in [1.54, 1.807) is 35.5 Å². The Morgan fingerprint density at radius 3 is 2.14 bits per heavy atom. The Morgan fingerprint density at radius 1 is 0.905 bits per heavy atom. The summed E-state index contributed by atoms with van der Waals surface area (Å²) in [6.45, 7) is 5.82. The molecule has 2 atom stereocenters. The van der Waals surface area contributed by atoms with Crippen molar-refractivity contribution in [3.63, 3.8) is 0 Å². The van der Waals surface area contributed by atoms with Gasteiger partial charge in [-0.1, -0.05) is 19.9 Å². The lowest BCUT2D eigenvalue weighted by Crippen LogP contribution is -2.49. The topological polar surface area (TPSA) is 84.9 Å². The van der Waals surface area contributed by atoms with Crippen molar-refractivity contribution in [1.29, 1.82) is 0 Å². The van der Waals surface area contributed by atoms with Gasteiger partial charge in [0.25, 0.3) is 0 Å². The lowest BCUT2D eigenvalue weighted by Gasteiger charge is -2.47. The fourth-order valence-corrected chi connectivity index (χ4v) is 6.18. The number of hydrogen-bond donors (Lipinski definition) is 0. The minimum atomic E-state index is -0.723. The average Bonchev–Trinajstić information content (AvgIpc) is 2.97. The monoisotopic (exact) mass is 609 g/mol. The predicted molar refractivity (Wildman–Crippen MR) is 165 cm³/mol. The van der Waals surface area contributed by atoms with Crippen LogP contribution in [0.25, 0.3) is 0 Å². The van der Waals surface area contributed by atoms with Crippen LogP contribution < -0.4 is 23.7 Å². The number of likely N-dealkylation sites (N-methyl/N-ethyl adjacent to an activating group) is 1. The summed E-state index contributed by atoms with van der Waals surface area (Å²) >= 11 is 0. The first-order valence-electron chi connectivity index (χ1n) is 14.1. The van der Waals surface area contributed by atoms with E-state index in [9.17, 15) is 4.79 Å². The van der Waals surface area contributed by atoms with Crippen molar-refractivity contribution in [2.24, 2.45) is 5.92 Å². The van der Waals surface area contributed by atoms with Gasteiger partial charge in [-0.2, -0.15) is 0 Å². The molecule has 236 valence electrons. The molecule has 1 aliphatic carbocycles. The van der Waals surface area contributed by atoms with Crippen molar-refractivity contribution < 1.29 is 38.0 Å². The largest absolute Gasteiger partial charge is 0.493 e. The van der Waals surface area contributed by atoms with Crippen LogP contribution >= 0.6 is 12.4 Å². The van der Waals surface area contributed by atoms with E-state index >= 15 is 0 Å². The van der Waals surface area contributed by atoms with Crippen molar-refractivity contribution >= 4 is 18.4 Å². The number of esters is 1. The summed E-state index contributed by atoms with van der Waals surface area (Å²) in [5.41, 5.74) is 2.58. The molecule has 1 aliphatic rings. The van der Waals surface area contributed by atoms with Gasteiger partial charge in [-0.25, -0.2) is 4.79 Å². The molecule has 3 rings (SSSR count). The molecule has 0 aromatic heterocycles. The van der Waals surface area contributed by atoms with Gasteiger partial charge in [0.15, 0.2) is 23.0 Å². The van der Waals surface area contributed by atoms with E-state index in [4.69, 9.17) is 33.2 Å². The molecule has 0 unspecified atom stereocenters. The molecule has 2 aromatic carbocycles. The molecule has 0 radical (unpaired) electrons. The van der Waals surface area contributed by atoms with Crippen molar-refractivity contribution in [2.75, 3.05) is 69.4 Å². The van der Waals surface area contributed by atoms with Crippen LogP contribution in [0.3, 0.4) is 0 Å². The number of nitrogens with zero attached hydrogens (tertiary/aromatic N) is 1. The highest BCUT2D eigenvalue weighted by Gasteiger charge is 2.49. The molecule has 0 aliphatic heterocycles. The third-order valence-electron chi connectivity index (χ3n) is 8.06. The first-order chi connectivity index (χ1) is 19.7. The summed E-state index contributed by atoms with van der Waals surface area (Å²) in [5.74, 6) is 3.02. The lowest BCUT2D eigenvalue weighted by atomic mass is 9.65. The van der Waals surface area contributed by atoms with E-state index in [0.717, 1.165) is 42.0 Å². The molecule has 0 heterocycles. The lowest BCUT2D eigenvalue weighted by molar-refractivity contribution is -0.172. The number of fused-ring (bicyclic) bond motifs is 1. The van der Waals surface area contributed by atoms with Crippen molar-refractivity contribution in [1.82, 2.24) is 4.90 Å². The molecule has 0 N–H and O–H groups in total. The zero-order valence-corrected chi connectivity index (χ0v) is 27.4. The van der Waals surface area contributed by atoms with Crippen molar-refractivity contribution in [3.05, 3.63) is 41.0 Å². The van der Waals surface area contributed by atoms with Gasteiger partial charge in [0, 0.05) is 38.1 Å². The summed E-state index contributed by atoms with van der Waals surface area (Å²) < 4.78 is 39.6. The molecule has 0 fully saturated rings. The first-order valence-corrected chi connectivity index (χ1v) is 14.1. The Kier molecular flexibility index (Phi) is 13.5. The van der Waals surface area contributed by atoms with Gasteiger partial charge in [0.2, 0.25) is 5.75 Å². The van der Waals surface area contributed by atoms with Crippen LogP contribution in [0, 0.1) is 5.92 Å². The molecule has 42 heavy (non-hydrogen) atoms. The van der Waals surface area contributed by atoms with Crippen molar-refractivity contribution in [3.8, 4) is 28.7 Å². The number of halogens is 1. The number of rotatable bonds is 15. The molecule has 2 aromatic rings. The van der Waals surface area contributed by atoms with Gasteiger partial charge in [0.1, 0.15) is 12.2 Å². The Hall–Kier alpha value is -2.88. The number of carbonyl (C=O) groups excluding carboxylic acids is 1. The molecule has 0 amide bonds. The van der Waals surface area contributed by atoms with Crippen LogP contribution in [0.4, 0.5) is 0 Å². The van der Waals surface area contributed by atoms with Crippen LogP contribution in [0.5, 0.6) is 28.7 Å². The normalized spacial score (nSPS) is 17.7. The summed E-state index contributed by atoms with van der Waals surface area (Å²) in [4.78, 5) is 15.2. The smallest absolute Gasteiger partial charge is 0.332 e. The van der Waals surface area contributed by atoms with Crippen LogP contribution in [0.1, 0.15) is 49.3 Å². The molecule has 0 saturated heterocycles. The van der Waals surface area contributed by atoms with Gasteiger partial charge in [-0.05, 0) is 61.6 Å². The van der Waals surface area contributed by atoms with Crippen molar-refractivity contribution in [2.45, 2.75) is 51.0 Å². The second kappa shape index (κ2) is 16.1. The van der Waals surface area contributed by atoms with Gasteiger partial charge in [-0.15, -0.1) is 12.4 Å². The maximum atomic E-state index is 13.0. The zero-order chi connectivity index (χ0) is 30.2. The predicted octanol–water partition coefficient (Wildman–Crippen LogP) is 5.33. The molecule has 10 heteroatoms.